The molecule has 2 aromatic rings. The number of aryl methyl sites for hydroxylation is 1. The van der Waals surface area contributed by atoms with Crippen molar-refractivity contribution in [3.63, 3.8) is 0 Å². The summed E-state index contributed by atoms with van der Waals surface area (Å²) in [6.07, 6.45) is 10.2. The smallest absolute Gasteiger partial charge is 0.263 e. The molecule has 8 nitrogen and oxygen atoms in total. The average molecular weight is 414 g/mol. The van der Waals surface area contributed by atoms with Crippen molar-refractivity contribution in [2.24, 2.45) is 0 Å². The predicted molar refractivity (Wildman–Crippen MR) is 109 cm³/mol. The number of imide groups is 2. The number of terminal acetylenes is 1. The summed E-state index contributed by atoms with van der Waals surface area (Å²) in [5, 5.41) is 6.34. The van der Waals surface area contributed by atoms with Gasteiger partial charge in [-0.2, -0.15) is 5.10 Å². The summed E-state index contributed by atoms with van der Waals surface area (Å²) < 4.78 is 1.75. The zero-order valence-electron chi connectivity index (χ0n) is 16.6. The van der Waals surface area contributed by atoms with E-state index in [0.717, 1.165) is 16.9 Å². The van der Waals surface area contributed by atoms with Crippen molar-refractivity contribution in [3.05, 3.63) is 52.8 Å². The molecule has 0 saturated carbocycles. The number of hydrogen-bond donors (Lipinski definition) is 1. The van der Waals surface area contributed by atoms with Crippen molar-refractivity contribution in [3.8, 4) is 24.2 Å². The molecule has 1 aromatic carbocycles. The zero-order valence-corrected chi connectivity index (χ0v) is 16.6. The highest BCUT2D eigenvalue weighted by atomic mass is 16.2. The molecule has 3 heterocycles. The average Bonchev–Trinajstić information content (AvgIpc) is 3.32. The van der Waals surface area contributed by atoms with E-state index in [1.165, 1.54) is 0 Å². The topological polar surface area (TPSA) is 101 Å². The summed E-state index contributed by atoms with van der Waals surface area (Å²) in [5.74, 6) is 6.38. The molecule has 8 heteroatoms. The molecule has 0 aliphatic carbocycles. The van der Waals surface area contributed by atoms with Gasteiger partial charge in [0, 0.05) is 31.1 Å². The Kier molecular flexibility index (Phi) is 5.38. The number of nitrogens with zero attached hydrogens (tertiary/aromatic N) is 3. The number of unbranched alkanes of at least 4 members (excludes halogenated alkanes) is 1. The Hall–Kier alpha value is -4.17. The van der Waals surface area contributed by atoms with Crippen LogP contribution in [0.4, 0.5) is 0 Å². The number of aromatic nitrogens is 2. The lowest BCUT2D eigenvalue weighted by atomic mass is 10.0. The molecule has 1 unspecified atom stereocenters. The van der Waals surface area contributed by atoms with E-state index in [1.54, 1.807) is 35.3 Å². The van der Waals surface area contributed by atoms with Crippen LogP contribution in [0.5, 0.6) is 0 Å². The van der Waals surface area contributed by atoms with Gasteiger partial charge >= 0.3 is 0 Å². The summed E-state index contributed by atoms with van der Waals surface area (Å²) in [5.41, 5.74) is 1.59. The lowest BCUT2D eigenvalue weighted by Gasteiger charge is -2.27. The van der Waals surface area contributed by atoms with Gasteiger partial charge in [-0.25, -0.2) is 0 Å². The fourth-order valence-corrected chi connectivity index (χ4v) is 3.67. The summed E-state index contributed by atoms with van der Waals surface area (Å²) in [6, 6.07) is 3.89. The molecule has 1 aromatic heterocycles. The van der Waals surface area contributed by atoms with E-state index < -0.39 is 29.7 Å². The van der Waals surface area contributed by atoms with Crippen molar-refractivity contribution in [1.29, 1.82) is 0 Å². The van der Waals surface area contributed by atoms with Gasteiger partial charge in [0.1, 0.15) is 6.04 Å². The highest BCUT2D eigenvalue weighted by Crippen LogP contribution is 2.29. The van der Waals surface area contributed by atoms with Crippen LogP contribution in [0.2, 0.25) is 0 Å². The maximum atomic E-state index is 13.0. The number of piperidine rings is 1. The van der Waals surface area contributed by atoms with Crippen molar-refractivity contribution < 1.29 is 19.2 Å². The number of carbonyl (C=O) groups is 4. The second-order valence-corrected chi connectivity index (χ2v) is 7.22. The number of rotatable bonds is 4. The van der Waals surface area contributed by atoms with Gasteiger partial charge in [0.25, 0.3) is 11.8 Å². The normalized spacial score (nSPS) is 17.6. The third-order valence-electron chi connectivity index (χ3n) is 5.18. The first-order valence-corrected chi connectivity index (χ1v) is 9.82. The van der Waals surface area contributed by atoms with Gasteiger partial charge in [0.15, 0.2) is 0 Å². The first-order chi connectivity index (χ1) is 15.0. The van der Waals surface area contributed by atoms with Gasteiger partial charge in [0.2, 0.25) is 11.8 Å². The van der Waals surface area contributed by atoms with Crippen LogP contribution in [-0.2, 0) is 16.1 Å². The highest BCUT2D eigenvalue weighted by molar-refractivity contribution is 6.24. The third-order valence-corrected chi connectivity index (χ3v) is 5.18. The van der Waals surface area contributed by atoms with Gasteiger partial charge in [-0.3, -0.25) is 34.1 Å². The second-order valence-electron chi connectivity index (χ2n) is 7.22. The van der Waals surface area contributed by atoms with E-state index in [-0.39, 0.29) is 24.0 Å². The number of carbonyl (C=O) groups excluding carboxylic acids is 4. The molecule has 154 valence electrons. The number of amides is 4. The van der Waals surface area contributed by atoms with Crippen LogP contribution >= 0.6 is 0 Å². The Bertz CT molecular complexity index is 1210. The molecule has 1 N–H and O–H groups in total. The number of benzene rings is 1. The Morgan fingerprint density at radius 3 is 2.77 bits per heavy atom. The van der Waals surface area contributed by atoms with Gasteiger partial charge in [-0.05, 0) is 25.0 Å². The lowest BCUT2D eigenvalue weighted by Crippen LogP contribution is -2.54. The van der Waals surface area contributed by atoms with Crippen molar-refractivity contribution in [2.75, 3.05) is 0 Å². The monoisotopic (exact) mass is 414 g/mol. The molecule has 1 atom stereocenters. The van der Waals surface area contributed by atoms with E-state index in [2.05, 4.69) is 28.2 Å². The summed E-state index contributed by atoms with van der Waals surface area (Å²) in [7, 11) is 0. The SMILES string of the molecule is C#Cc1cnn(CCCC#Cc2cccc3c2C(=O)N(C2CCC(=O)NC2=O)C3=O)c1. The van der Waals surface area contributed by atoms with Crippen LogP contribution in [0.3, 0.4) is 0 Å². The fourth-order valence-electron chi connectivity index (χ4n) is 3.67. The maximum absolute atomic E-state index is 13.0. The van der Waals surface area contributed by atoms with E-state index in [0.29, 0.717) is 18.5 Å². The van der Waals surface area contributed by atoms with Gasteiger partial charge in [-0.1, -0.05) is 23.8 Å². The molecule has 2 aliphatic heterocycles. The summed E-state index contributed by atoms with van der Waals surface area (Å²) in [6.45, 7) is 0.657. The van der Waals surface area contributed by atoms with Crippen LogP contribution in [0.15, 0.2) is 30.6 Å². The van der Waals surface area contributed by atoms with Crippen LogP contribution < -0.4 is 5.32 Å². The quantitative estimate of drug-likeness (QED) is 0.459. The van der Waals surface area contributed by atoms with E-state index in [9.17, 15) is 19.2 Å². The fraction of sp³-hybridized carbons (Fsp3) is 0.261. The molecule has 0 bridgehead atoms. The summed E-state index contributed by atoms with van der Waals surface area (Å²) >= 11 is 0. The van der Waals surface area contributed by atoms with Crippen LogP contribution in [0.25, 0.3) is 0 Å². The van der Waals surface area contributed by atoms with Crippen molar-refractivity contribution in [1.82, 2.24) is 20.0 Å². The van der Waals surface area contributed by atoms with Gasteiger partial charge in [0.05, 0.1) is 22.9 Å². The van der Waals surface area contributed by atoms with Crippen LogP contribution in [0, 0.1) is 24.2 Å². The minimum Gasteiger partial charge on any atom is -0.295 e. The molecular weight excluding hydrogens is 396 g/mol. The van der Waals surface area contributed by atoms with Crippen LogP contribution in [-0.4, -0.2) is 44.4 Å². The highest BCUT2D eigenvalue weighted by Gasteiger charge is 2.45. The van der Waals surface area contributed by atoms with E-state index in [4.69, 9.17) is 6.42 Å². The van der Waals surface area contributed by atoms with Crippen LogP contribution in [0.1, 0.15) is 57.5 Å². The summed E-state index contributed by atoms with van der Waals surface area (Å²) in [4.78, 5) is 50.3. The van der Waals surface area contributed by atoms with E-state index in [1.807, 2.05) is 0 Å². The Labute approximate surface area is 178 Å². The molecule has 31 heavy (non-hydrogen) atoms. The first-order valence-electron chi connectivity index (χ1n) is 9.82. The minimum absolute atomic E-state index is 0.0789. The molecule has 2 aliphatic rings. The van der Waals surface area contributed by atoms with Crippen molar-refractivity contribution in [2.45, 2.75) is 38.3 Å². The predicted octanol–water partition coefficient (Wildman–Crippen LogP) is 1.10. The molecule has 0 radical (unpaired) electrons. The number of fused-ring (bicyclic) bond motifs is 1. The van der Waals surface area contributed by atoms with Gasteiger partial charge in [-0.15, -0.1) is 6.42 Å². The number of nitrogens with one attached hydrogen (secondary N) is 1. The van der Waals surface area contributed by atoms with E-state index >= 15 is 0 Å². The second kappa shape index (κ2) is 8.29. The van der Waals surface area contributed by atoms with Gasteiger partial charge < -0.3 is 0 Å². The molecule has 0 spiro atoms. The standard InChI is InChI=1S/C23H18N4O4/c1-2-15-13-24-26(14-15)12-5-3-4-7-16-8-6-9-17-20(16)23(31)27(22(17)30)18-10-11-19(28)25-21(18)29/h1,6,8-9,13-14,18H,3,5,10-12H2,(H,25,28,29). The Morgan fingerprint density at radius 2 is 2.03 bits per heavy atom. The maximum Gasteiger partial charge on any atom is 0.263 e. The Morgan fingerprint density at radius 1 is 1.19 bits per heavy atom. The molecular formula is C23H18N4O4. The minimum atomic E-state index is -0.993. The molecule has 1 fully saturated rings. The lowest BCUT2D eigenvalue weighted by molar-refractivity contribution is -0.136. The Balaban J connectivity index is 1.47. The molecule has 1 saturated heterocycles. The molecule has 4 amide bonds. The first kappa shape index (κ1) is 20.1. The zero-order chi connectivity index (χ0) is 22.0. The largest absolute Gasteiger partial charge is 0.295 e. The number of hydrogen-bond acceptors (Lipinski definition) is 5. The third kappa shape index (κ3) is 3.84. The molecule has 4 rings (SSSR count). The van der Waals surface area contributed by atoms with Crippen molar-refractivity contribution >= 4 is 23.6 Å².